The van der Waals surface area contributed by atoms with E-state index >= 15 is 0 Å². The average Bonchev–Trinajstić information content (AvgIpc) is 2.73. The van der Waals surface area contributed by atoms with Gasteiger partial charge in [0.1, 0.15) is 11.5 Å². The smallest absolute Gasteiger partial charge is 0.284 e. The molecular weight excluding hydrogens is 258 g/mol. The van der Waals surface area contributed by atoms with Gasteiger partial charge in [-0.25, -0.2) is 0 Å². The zero-order valence-electron chi connectivity index (χ0n) is 10.8. The third kappa shape index (κ3) is 6.98. The second-order valence-corrected chi connectivity index (χ2v) is 5.25. The Hall–Kier alpha value is -0.590. The maximum absolute atomic E-state index is 12.0. The Kier molecular flexibility index (Phi) is 7.31. The van der Waals surface area contributed by atoms with Gasteiger partial charge in [0.25, 0.3) is 5.76 Å². The van der Waals surface area contributed by atoms with E-state index in [9.17, 15) is 8.78 Å². The molecule has 0 atom stereocenters. The molecule has 1 N–H and O–H groups in total. The van der Waals surface area contributed by atoms with E-state index in [4.69, 9.17) is 4.42 Å². The molecule has 0 fully saturated rings. The fraction of sp³-hybridized carbons (Fsp3) is 0.667. The van der Waals surface area contributed by atoms with Crippen LogP contribution in [0.4, 0.5) is 8.78 Å². The van der Waals surface area contributed by atoms with Crippen LogP contribution in [-0.4, -0.2) is 37.8 Å². The second kappa shape index (κ2) is 8.50. The standard InChI is InChI=1S/C12H20F2N2OS/c1-16(2)7-3-6-15-8-10-4-5-11(17-10)9-18-12(13)14/h4-5,12,15H,3,6-9H2,1-2H3. The molecule has 0 unspecified atom stereocenters. The summed E-state index contributed by atoms with van der Waals surface area (Å²) in [6.07, 6.45) is 1.07. The van der Waals surface area contributed by atoms with Gasteiger partial charge < -0.3 is 14.6 Å². The SMILES string of the molecule is CN(C)CCCNCc1ccc(CSC(F)F)o1. The van der Waals surface area contributed by atoms with Crippen LogP contribution in [0.25, 0.3) is 0 Å². The zero-order valence-corrected chi connectivity index (χ0v) is 11.6. The normalized spacial score (nSPS) is 11.7. The summed E-state index contributed by atoms with van der Waals surface area (Å²) in [5, 5.41) is 3.26. The fourth-order valence-electron chi connectivity index (χ4n) is 1.47. The minimum Gasteiger partial charge on any atom is -0.464 e. The lowest BCUT2D eigenvalue weighted by Crippen LogP contribution is -2.20. The molecule has 0 amide bonds. The van der Waals surface area contributed by atoms with Crippen LogP contribution in [0.15, 0.2) is 16.5 Å². The summed E-state index contributed by atoms with van der Waals surface area (Å²) in [5.41, 5.74) is 0. The van der Waals surface area contributed by atoms with E-state index in [1.54, 1.807) is 6.07 Å². The first kappa shape index (κ1) is 15.5. The van der Waals surface area contributed by atoms with E-state index in [-0.39, 0.29) is 5.75 Å². The molecule has 1 aromatic rings. The third-order valence-corrected chi connectivity index (χ3v) is 3.03. The molecule has 1 rings (SSSR count). The third-order valence-electron chi connectivity index (χ3n) is 2.33. The number of thioether (sulfide) groups is 1. The molecule has 3 nitrogen and oxygen atoms in total. The summed E-state index contributed by atoms with van der Waals surface area (Å²) in [6, 6.07) is 3.59. The molecule has 1 aromatic heterocycles. The van der Waals surface area contributed by atoms with Crippen molar-refractivity contribution in [3.05, 3.63) is 23.7 Å². The fourth-order valence-corrected chi connectivity index (χ4v) is 1.92. The highest BCUT2D eigenvalue weighted by Gasteiger charge is 2.07. The lowest BCUT2D eigenvalue weighted by molar-refractivity contribution is 0.251. The van der Waals surface area contributed by atoms with Crippen molar-refractivity contribution >= 4 is 11.8 Å². The molecule has 0 aromatic carbocycles. The maximum Gasteiger partial charge on any atom is 0.284 e. The second-order valence-electron chi connectivity index (χ2n) is 4.27. The Bertz CT molecular complexity index is 332. The van der Waals surface area contributed by atoms with E-state index in [2.05, 4.69) is 10.2 Å². The van der Waals surface area contributed by atoms with Crippen molar-refractivity contribution in [3.63, 3.8) is 0 Å². The van der Waals surface area contributed by atoms with Crippen LogP contribution in [0.5, 0.6) is 0 Å². The summed E-state index contributed by atoms with van der Waals surface area (Å²) >= 11 is 0.580. The van der Waals surface area contributed by atoms with Crippen LogP contribution in [0, 0.1) is 0 Å². The summed E-state index contributed by atoms with van der Waals surface area (Å²) in [4.78, 5) is 2.13. The van der Waals surface area contributed by atoms with Crippen LogP contribution in [0.1, 0.15) is 17.9 Å². The molecule has 0 radical (unpaired) electrons. The monoisotopic (exact) mass is 278 g/mol. The van der Waals surface area contributed by atoms with Gasteiger partial charge in [-0.3, -0.25) is 0 Å². The highest BCUT2D eigenvalue weighted by atomic mass is 32.2. The predicted octanol–water partition coefficient (Wildman–Crippen LogP) is 2.78. The van der Waals surface area contributed by atoms with Gasteiger partial charge in [-0.2, -0.15) is 8.78 Å². The first-order valence-corrected chi connectivity index (χ1v) is 6.95. The lowest BCUT2D eigenvalue weighted by atomic mass is 10.4. The maximum atomic E-state index is 12.0. The first-order valence-electron chi connectivity index (χ1n) is 5.90. The molecule has 0 aliphatic heterocycles. The molecule has 0 bridgehead atoms. The topological polar surface area (TPSA) is 28.4 Å². The molecule has 0 aliphatic rings. The number of furan rings is 1. The van der Waals surface area contributed by atoms with Gasteiger partial charge in [0.15, 0.2) is 0 Å². The van der Waals surface area contributed by atoms with E-state index < -0.39 is 5.76 Å². The minimum atomic E-state index is -2.34. The Morgan fingerprint density at radius 1 is 1.33 bits per heavy atom. The zero-order chi connectivity index (χ0) is 13.4. The van der Waals surface area contributed by atoms with Gasteiger partial charge >= 0.3 is 0 Å². The Labute approximate surface area is 111 Å². The van der Waals surface area contributed by atoms with Gasteiger partial charge in [0, 0.05) is 0 Å². The van der Waals surface area contributed by atoms with Crippen LogP contribution < -0.4 is 5.32 Å². The summed E-state index contributed by atoms with van der Waals surface area (Å²) in [6.45, 7) is 2.61. The molecule has 104 valence electrons. The Balaban J connectivity index is 2.15. The van der Waals surface area contributed by atoms with Crippen LogP contribution >= 0.6 is 11.8 Å². The molecular formula is C12H20F2N2OS. The van der Waals surface area contributed by atoms with Crippen molar-refractivity contribution in [2.24, 2.45) is 0 Å². The van der Waals surface area contributed by atoms with E-state index in [1.807, 2.05) is 20.2 Å². The number of halogens is 2. The van der Waals surface area contributed by atoms with Gasteiger partial charge in [-0.05, 0) is 45.7 Å². The van der Waals surface area contributed by atoms with E-state index in [0.29, 0.717) is 24.1 Å². The van der Waals surface area contributed by atoms with Crippen molar-refractivity contribution < 1.29 is 13.2 Å². The molecule has 6 heteroatoms. The first-order chi connectivity index (χ1) is 8.58. The number of hydrogen-bond acceptors (Lipinski definition) is 4. The number of rotatable bonds is 9. The summed E-state index contributed by atoms with van der Waals surface area (Å²) < 4.78 is 29.4. The molecule has 0 spiro atoms. The summed E-state index contributed by atoms with van der Waals surface area (Å²) in [5.74, 6) is -0.726. The van der Waals surface area contributed by atoms with Crippen molar-refractivity contribution in [2.45, 2.75) is 24.5 Å². The number of alkyl halides is 2. The van der Waals surface area contributed by atoms with Gasteiger partial charge in [0.2, 0.25) is 0 Å². The quantitative estimate of drug-likeness (QED) is 0.703. The van der Waals surface area contributed by atoms with Crippen molar-refractivity contribution in [1.82, 2.24) is 10.2 Å². The number of nitrogens with one attached hydrogen (secondary N) is 1. The minimum absolute atomic E-state index is 0.221. The number of hydrogen-bond donors (Lipinski definition) is 1. The van der Waals surface area contributed by atoms with Gasteiger partial charge in [-0.1, -0.05) is 11.8 Å². The molecule has 0 saturated heterocycles. The van der Waals surface area contributed by atoms with Gasteiger partial charge in [-0.15, -0.1) is 0 Å². The summed E-state index contributed by atoms with van der Waals surface area (Å²) in [7, 11) is 4.08. The van der Waals surface area contributed by atoms with Crippen LogP contribution in [0.2, 0.25) is 0 Å². The molecule has 0 aliphatic carbocycles. The highest BCUT2D eigenvalue weighted by Crippen LogP contribution is 2.21. The lowest BCUT2D eigenvalue weighted by Gasteiger charge is -2.08. The Morgan fingerprint density at radius 3 is 2.72 bits per heavy atom. The van der Waals surface area contributed by atoms with Crippen molar-refractivity contribution in [2.75, 3.05) is 27.2 Å². The highest BCUT2D eigenvalue weighted by molar-refractivity contribution is 7.98. The molecule has 0 saturated carbocycles. The number of nitrogens with zero attached hydrogens (tertiary/aromatic N) is 1. The van der Waals surface area contributed by atoms with Crippen LogP contribution in [0.3, 0.4) is 0 Å². The van der Waals surface area contributed by atoms with Crippen molar-refractivity contribution in [1.29, 1.82) is 0 Å². The average molecular weight is 278 g/mol. The van der Waals surface area contributed by atoms with E-state index in [1.165, 1.54) is 0 Å². The Morgan fingerprint density at radius 2 is 2.06 bits per heavy atom. The van der Waals surface area contributed by atoms with Crippen molar-refractivity contribution in [3.8, 4) is 0 Å². The van der Waals surface area contributed by atoms with Crippen LogP contribution in [-0.2, 0) is 12.3 Å². The molecule has 1 heterocycles. The predicted molar refractivity (Wildman–Crippen MR) is 70.9 cm³/mol. The molecule has 18 heavy (non-hydrogen) atoms. The largest absolute Gasteiger partial charge is 0.464 e. The van der Waals surface area contributed by atoms with E-state index in [0.717, 1.165) is 25.3 Å². The van der Waals surface area contributed by atoms with Gasteiger partial charge in [0.05, 0.1) is 12.3 Å².